The molecule has 2 nitrogen and oxygen atoms in total. The highest BCUT2D eigenvalue weighted by atomic mass is 16.3. The molecule has 1 aromatic carbocycles. The van der Waals surface area contributed by atoms with E-state index in [1.165, 1.54) is 47.3 Å². The highest BCUT2D eigenvalue weighted by Crippen LogP contribution is 2.54. The Bertz CT molecular complexity index is 936. The lowest BCUT2D eigenvalue weighted by Gasteiger charge is -2.30. The van der Waals surface area contributed by atoms with E-state index in [1.807, 2.05) is 13.8 Å². The fraction of sp³-hybridized carbons (Fsp3) is 0.621. The Morgan fingerprint density at radius 1 is 0.903 bits per heavy atom. The highest BCUT2D eigenvalue weighted by Gasteiger charge is 2.45. The monoisotopic (exact) mass is 421 g/mol. The topological polar surface area (TPSA) is 33.1 Å². The number of aliphatic hydroxyl groups is 1. The first-order valence-corrected chi connectivity index (χ1v) is 12.0. The van der Waals surface area contributed by atoms with Crippen molar-refractivity contribution in [1.29, 1.82) is 0 Å². The van der Waals surface area contributed by atoms with Crippen LogP contribution >= 0.6 is 0 Å². The van der Waals surface area contributed by atoms with Crippen LogP contribution in [0.15, 0.2) is 30.3 Å². The molecule has 0 aliphatic heterocycles. The van der Waals surface area contributed by atoms with Crippen molar-refractivity contribution < 1.29 is 5.11 Å². The van der Waals surface area contributed by atoms with Gasteiger partial charge in [0, 0.05) is 22.2 Å². The first kappa shape index (κ1) is 24.0. The molecular formula is C29H43NO. The zero-order chi connectivity index (χ0) is 23.2. The number of pyridine rings is 1. The predicted molar refractivity (Wildman–Crippen MR) is 132 cm³/mol. The molecule has 2 aromatic rings. The number of aryl methyl sites for hydroxylation is 2. The SMILES string of the molecule is CCc1cc(C(C)(C)O)cc(C2(CCC(C)(C)c3cc(C)cc(C(C)(C)C)n3)CC2)c1. The Balaban J connectivity index is 1.87. The Labute approximate surface area is 190 Å². The van der Waals surface area contributed by atoms with Crippen LogP contribution in [0.5, 0.6) is 0 Å². The molecule has 170 valence electrons. The normalized spacial score (nSPS) is 16.5. The average Bonchev–Trinajstić information content (AvgIpc) is 3.45. The number of aromatic nitrogens is 1. The molecule has 1 aromatic heterocycles. The van der Waals surface area contributed by atoms with Gasteiger partial charge in [0.25, 0.3) is 0 Å². The van der Waals surface area contributed by atoms with Gasteiger partial charge in [-0.3, -0.25) is 4.98 Å². The van der Waals surface area contributed by atoms with Crippen molar-refractivity contribution in [2.24, 2.45) is 0 Å². The van der Waals surface area contributed by atoms with Crippen molar-refractivity contribution in [3.05, 3.63) is 64.0 Å². The molecule has 0 saturated heterocycles. The van der Waals surface area contributed by atoms with Crippen LogP contribution < -0.4 is 0 Å². The van der Waals surface area contributed by atoms with E-state index in [1.54, 1.807) is 0 Å². The molecule has 0 radical (unpaired) electrons. The van der Waals surface area contributed by atoms with Gasteiger partial charge in [-0.15, -0.1) is 0 Å². The zero-order valence-corrected chi connectivity index (χ0v) is 21.3. The third-order valence-corrected chi connectivity index (χ3v) is 7.23. The third kappa shape index (κ3) is 5.40. The van der Waals surface area contributed by atoms with E-state index in [-0.39, 0.29) is 16.2 Å². The van der Waals surface area contributed by atoms with Gasteiger partial charge in [0.15, 0.2) is 0 Å². The molecular weight excluding hydrogens is 378 g/mol. The van der Waals surface area contributed by atoms with E-state index in [0.29, 0.717) is 0 Å². The molecule has 0 atom stereocenters. The van der Waals surface area contributed by atoms with E-state index >= 15 is 0 Å². The van der Waals surface area contributed by atoms with E-state index in [2.05, 4.69) is 78.8 Å². The molecule has 1 fully saturated rings. The molecule has 0 bridgehead atoms. The van der Waals surface area contributed by atoms with Crippen LogP contribution in [0.3, 0.4) is 0 Å². The summed E-state index contributed by atoms with van der Waals surface area (Å²) in [5.41, 5.74) is 7.05. The maximum atomic E-state index is 10.6. The van der Waals surface area contributed by atoms with Gasteiger partial charge in [0.1, 0.15) is 0 Å². The number of benzene rings is 1. The second-order valence-electron chi connectivity index (χ2n) is 12.2. The smallest absolute Gasteiger partial charge is 0.0840 e. The van der Waals surface area contributed by atoms with Crippen molar-refractivity contribution in [2.45, 2.75) is 116 Å². The second kappa shape index (κ2) is 8.03. The van der Waals surface area contributed by atoms with Crippen LogP contribution in [0.2, 0.25) is 0 Å². The largest absolute Gasteiger partial charge is 0.386 e. The predicted octanol–water partition coefficient (Wildman–Crippen LogP) is 7.27. The fourth-order valence-electron chi connectivity index (χ4n) is 4.47. The first-order valence-electron chi connectivity index (χ1n) is 12.0. The maximum Gasteiger partial charge on any atom is 0.0840 e. The van der Waals surface area contributed by atoms with Gasteiger partial charge in [0.2, 0.25) is 0 Å². The summed E-state index contributed by atoms with van der Waals surface area (Å²) >= 11 is 0. The van der Waals surface area contributed by atoms with E-state index < -0.39 is 5.60 Å². The van der Waals surface area contributed by atoms with Crippen molar-refractivity contribution in [1.82, 2.24) is 4.98 Å². The minimum atomic E-state index is -0.801. The summed E-state index contributed by atoms with van der Waals surface area (Å²) in [5.74, 6) is 0. The van der Waals surface area contributed by atoms with Crippen molar-refractivity contribution in [3.63, 3.8) is 0 Å². The summed E-state index contributed by atoms with van der Waals surface area (Å²) in [7, 11) is 0. The first-order chi connectivity index (χ1) is 14.2. The van der Waals surface area contributed by atoms with Crippen molar-refractivity contribution in [3.8, 4) is 0 Å². The molecule has 1 heterocycles. The lowest BCUT2D eigenvalue weighted by Crippen LogP contribution is -2.25. The molecule has 31 heavy (non-hydrogen) atoms. The molecule has 1 aliphatic carbocycles. The molecule has 2 heteroatoms. The van der Waals surface area contributed by atoms with Crippen LogP contribution in [0.4, 0.5) is 0 Å². The van der Waals surface area contributed by atoms with Gasteiger partial charge in [-0.1, -0.05) is 59.7 Å². The molecule has 0 spiro atoms. The lowest BCUT2D eigenvalue weighted by atomic mass is 9.77. The zero-order valence-electron chi connectivity index (χ0n) is 21.3. The molecule has 3 rings (SSSR count). The molecule has 1 saturated carbocycles. The Kier molecular flexibility index (Phi) is 6.21. The van der Waals surface area contributed by atoms with Gasteiger partial charge >= 0.3 is 0 Å². The summed E-state index contributed by atoms with van der Waals surface area (Å²) in [6.45, 7) is 19.6. The Morgan fingerprint density at radius 2 is 1.52 bits per heavy atom. The number of hydrogen-bond acceptors (Lipinski definition) is 2. The van der Waals surface area contributed by atoms with E-state index in [4.69, 9.17) is 4.98 Å². The van der Waals surface area contributed by atoms with Crippen molar-refractivity contribution >= 4 is 0 Å². The summed E-state index contributed by atoms with van der Waals surface area (Å²) in [5, 5.41) is 10.6. The fourth-order valence-corrected chi connectivity index (χ4v) is 4.47. The minimum Gasteiger partial charge on any atom is -0.386 e. The van der Waals surface area contributed by atoms with Crippen molar-refractivity contribution in [2.75, 3.05) is 0 Å². The van der Waals surface area contributed by atoms with Gasteiger partial charge in [-0.25, -0.2) is 0 Å². The molecule has 0 amide bonds. The van der Waals surface area contributed by atoms with Crippen LogP contribution in [0.1, 0.15) is 115 Å². The summed E-state index contributed by atoms with van der Waals surface area (Å²) in [6, 6.07) is 11.3. The molecule has 1 aliphatic rings. The standard InChI is InChI=1S/C29H43NO/c1-10-21-17-22(28(8,9)31)19-23(18-21)29(13-14-29)12-11-27(6,7)25-16-20(2)15-24(30-25)26(3,4)5/h15-19,31H,10-14H2,1-9H3. The molecule has 1 N–H and O–H groups in total. The number of nitrogens with zero attached hydrogens (tertiary/aromatic N) is 1. The summed E-state index contributed by atoms with van der Waals surface area (Å²) < 4.78 is 0. The van der Waals surface area contributed by atoms with Crippen LogP contribution in [-0.2, 0) is 28.3 Å². The van der Waals surface area contributed by atoms with Crippen LogP contribution in [0.25, 0.3) is 0 Å². The quantitative estimate of drug-likeness (QED) is 0.510. The summed E-state index contributed by atoms with van der Waals surface area (Å²) in [6.07, 6.45) is 5.77. The highest BCUT2D eigenvalue weighted by molar-refractivity contribution is 5.40. The summed E-state index contributed by atoms with van der Waals surface area (Å²) in [4.78, 5) is 5.11. The average molecular weight is 422 g/mol. The number of hydrogen-bond donors (Lipinski definition) is 1. The number of rotatable bonds is 7. The van der Waals surface area contributed by atoms with Gasteiger partial charge in [-0.2, -0.15) is 0 Å². The van der Waals surface area contributed by atoms with E-state index in [9.17, 15) is 5.11 Å². The van der Waals surface area contributed by atoms with Gasteiger partial charge in [-0.05, 0) is 92.7 Å². The Morgan fingerprint density at radius 3 is 2.03 bits per heavy atom. The Hall–Kier alpha value is -1.67. The van der Waals surface area contributed by atoms with E-state index in [0.717, 1.165) is 18.4 Å². The maximum absolute atomic E-state index is 10.6. The van der Waals surface area contributed by atoms with Gasteiger partial charge in [0.05, 0.1) is 5.60 Å². The van der Waals surface area contributed by atoms with Crippen LogP contribution in [-0.4, -0.2) is 10.1 Å². The van der Waals surface area contributed by atoms with Gasteiger partial charge < -0.3 is 5.11 Å². The minimum absolute atomic E-state index is 0.0308. The lowest BCUT2D eigenvalue weighted by molar-refractivity contribution is 0.0784. The van der Waals surface area contributed by atoms with Crippen LogP contribution in [0, 0.1) is 6.92 Å². The second-order valence-corrected chi connectivity index (χ2v) is 12.2. The third-order valence-electron chi connectivity index (χ3n) is 7.23. The molecule has 0 unspecified atom stereocenters.